The van der Waals surface area contributed by atoms with E-state index in [0.717, 1.165) is 122 Å². The molecule has 0 saturated carbocycles. The summed E-state index contributed by atoms with van der Waals surface area (Å²) < 4.78 is 16.9. The minimum absolute atomic E-state index is 0.101. The Morgan fingerprint density at radius 3 is 0.840 bits per heavy atom. The Morgan fingerprint density at radius 2 is 0.520 bits per heavy atom. The van der Waals surface area contributed by atoms with Gasteiger partial charge < -0.3 is 14.2 Å². The van der Waals surface area contributed by atoms with E-state index in [4.69, 9.17) is 14.2 Å². The van der Waals surface area contributed by atoms with Crippen molar-refractivity contribution in [3.05, 3.63) is 109 Å². The van der Waals surface area contributed by atoms with Gasteiger partial charge in [0.05, 0.1) is 0 Å². The zero-order valence-electron chi connectivity index (χ0n) is 49.0. The van der Waals surface area contributed by atoms with Crippen LogP contribution < -0.4 is 0 Å². The number of allylic oxidation sites excluding steroid dienone is 18. The molecular formula is C69H116O6. The molecule has 0 bridgehead atoms. The van der Waals surface area contributed by atoms with Crippen molar-refractivity contribution < 1.29 is 28.6 Å². The first-order valence-electron chi connectivity index (χ1n) is 31.4. The lowest BCUT2D eigenvalue weighted by molar-refractivity contribution is -0.167. The zero-order valence-corrected chi connectivity index (χ0v) is 49.0. The highest BCUT2D eigenvalue weighted by atomic mass is 16.6. The Hall–Kier alpha value is -3.93. The standard InChI is InChI=1S/C69H116O6/c1-4-7-10-13-16-19-22-25-28-31-34-37-40-43-46-49-52-55-58-61-67(70)73-64-66(75-69(72)63-60-57-54-51-48-45-42-39-36-33-30-27-24-21-18-15-12-9-6-3)65-74-68(71)62-59-56-53-50-47-44-41-38-35-32-29-26-23-20-17-14-11-8-5-2/h7,10,16,18-19,21,25,27-28,30,34,36-37,39,43,45-46,48,66H,4-6,8-9,11-15,17,20,22-24,26,29,31-33,35,38,40-42,44,47,49-65H2,1-3H3/b10-7-,19-16-,21-18-,28-25-,30-27-,37-34-,39-36-,46-43-,48-45-/t66-/m1/s1. The first kappa shape index (κ1) is 71.1. The molecule has 0 N–H and O–H groups in total. The molecule has 428 valence electrons. The van der Waals surface area contributed by atoms with Crippen LogP contribution in [0.25, 0.3) is 0 Å². The topological polar surface area (TPSA) is 78.9 Å². The maximum absolute atomic E-state index is 12.9. The van der Waals surface area contributed by atoms with Crippen molar-refractivity contribution in [3.63, 3.8) is 0 Å². The van der Waals surface area contributed by atoms with Crippen molar-refractivity contribution in [1.82, 2.24) is 0 Å². The molecule has 0 rings (SSSR count). The Bertz CT molecular complexity index is 1520. The van der Waals surface area contributed by atoms with Gasteiger partial charge in [-0.3, -0.25) is 14.4 Å². The van der Waals surface area contributed by atoms with Gasteiger partial charge in [0.2, 0.25) is 0 Å². The third kappa shape index (κ3) is 60.8. The number of unbranched alkanes of at least 4 members (excludes halogenated alkanes) is 27. The monoisotopic (exact) mass is 1040 g/mol. The highest BCUT2D eigenvalue weighted by molar-refractivity contribution is 5.71. The summed E-state index contributed by atoms with van der Waals surface area (Å²) in [6, 6.07) is 0. The Kier molecular flexibility index (Phi) is 59.3. The molecule has 0 spiro atoms. The van der Waals surface area contributed by atoms with Gasteiger partial charge in [0.1, 0.15) is 13.2 Å². The van der Waals surface area contributed by atoms with Crippen molar-refractivity contribution in [3.8, 4) is 0 Å². The summed E-state index contributed by atoms with van der Waals surface area (Å²) >= 11 is 0. The number of hydrogen-bond donors (Lipinski definition) is 0. The summed E-state index contributed by atoms with van der Waals surface area (Å²) in [5.74, 6) is -0.958. The van der Waals surface area contributed by atoms with Crippen LogP contribution in [-0.2, 0) is 28.6 Å². The Labute approximate surface area is 463 Å². The van der Waals surface area contributed by atoms with Crippen LogP contribution in [0.15, 0.2) is 109 Å². The van der Waals surface area contributed by atoms with Crippen molar-refractivity contribution in [2.45, 2.75) is 297 Å². The number of ether oxygens (including phenoxy) is 3. The molecule has 0 aliphatic carbocycles. The van der Waals surface area contributed by atoms with E-state index in [1.165, 1.54) is 128 Å². The normalized spacial score (nSPS) is 12.8. The lowest BCUT2D eigenvalue weighted by Crippen LogP contribution is -2.30. The van der Waals surface area contributed by atoms with Crippen LogP contribution in [0.4, 0.5) is 0 Å². The Morgan fingerprint density at radius 1 is 0.280 bits per heavy atom. The van der Waals surface area contributed by atoms with E-state index in [2.05, 4.69) is 130 Å². The van der Waals surface area contributed by atoms with Gasteiger partial charge in [-0.15, -0.1) is 0 Å². The van der Waals surface area contributed by atoms with Crippen LogP contribution in [0, 0.1) is 0 Å². The highest BCUT2D eigenvalue weighted by Crippen LogP contribution is 2.16. The van der Waals surface area contributed by atoms with Gasteiger partial charge in [0.25, 0.3) is 0 Å². The maximum Gasteiger partial charge on any atom is 0.306 e. The fraction of sp³-hybridized carbons (Fsp3) is 0.696. The van der Waals surface area contributed by atoms with Crippen molar-refractivity contribution >= 4 is 17.9 Å². The van der Waals surface area contributed by atoms with Gasteiger partial charge in [-0.05, 0) is 109 Å². The van der Waals surface area contributed by atoms with Crippen LogP contribution in [0.5, 0.6) is 0 Å². The van der Waals surface area contributed by atoms with Crippen molar-refractivity contribution in [1.29, 1.82) is 0 Å². The van der Waals surface area contributed by atoms with Crippen LogP contribution in [-0.4, -0.2) is 37.2 Å². The van der Waals surface area contributed by atoms with E-state index in [0.29, 0.717) is 12.8 Å². The molecule has 6 heteroatoms. The Balaban J connectivity index is 4.50. The molecule has 0 fully saturated rings. The molecule has 75 heavy (non-hydrogen) atoms. The number of carbonyl (C=O) groups is 3. The third-order valence-corrected chi connectivity index (χ3v) is 13.3. The van der Waals surface area contributed by atoms with E-state index < -0.39 is 6.10 Å². The van der Waals surface area contributed by atoms with E-state index >= 15 is 0 Å². The minimum atomic E-state index is -0.811. The van der Waals surface area contributed by atoms with Crippen LogP contribution in [0.1, 0.15) is 290 Å². The van der Waals surface area contributed by atoms with E-state index in [9.17, 15) is 14.4 Å². The molecule has 6 nitrogen and oxygen atoms in total. The van der Waals surface area contributed by atoms with Crippen molar-refractivity contribution in [2.75, 3.05) is 13.2 Å². The lowest BCUT2D eigenvalue weighted by atomic mass is 10.0. The average molecular weight is 1040 g/mol. The van der Waals surface area contributed by atoms with Gasteiger partial charge in [0, 0.05) is 19.3 Å². The highest BCUT2D eigenvalue weighted by Gasteiger charge is 2.19. The first-order valence-corrected chi connectivity index (χ1v) is 31.4. The largest absolute Gasteiger partial charge is 0.462 e. The predicted octanol–water partition coefficient (Wildman–Crippen LogP) is 21.4. The minimum Gasteiger partial charge on any atom is -0.462 e. The molecule has 0 aliphatic heterocycles. The van der Waals surface area contributed by atoms with E-state index in [1.54, 1.807) is 0 Å². The summed E-state index contributed by atoms with van der Waals surface area (Å²) in [5.41, 5.74) is 0. The third-order valence-electron chi connectivity index (χ3n) is 13.3. The van der Waals surface area contributed by atoms with E-state index in [-0.39, 0.29) is 37.5 Å². The summed E-state index contributed by atoms with van der Waals surface area (Å²) in [6.07, 6.45) is 85.1. The quantitative estimate of drug-likeness (QED) is 0.0261. The predicted molar refractivity (Wildman–Crippen MR) is 325 cm³/mol. The molecule has 0 saturated heterocycles. The smallest absolute Gasteiger partial charge is 0.306 e. The number of rotatable bonds is 56. The first-order chi connectivity index (χ1) is 37.0. The average Bonchev–Trinajstić information content (AvgIpc) is 3.41. The van der Waals surface area contributed by atoms with Crippen LogP contribution >= 0.6 is 0 Å². The SMILES string of the molecule is CC/C=C\C/C=C\C/C=C\C/C=C\C/C=C\CCCCCC(=O)OC[C@H](COC(=O)CCCCCCCCCCCCCCCCCCCCC)OC(=O)CCCCC/C=C\C/C=C\C/C=C\C/C=C\CCCCC. The van der Waals surface area contributed by atoms with Crippen LogP contribution in [0.2, 0.25) is 0 Å². The number of hydrogen-bond acceptors (Lipinski definition) is 6. The van der Waals surface area contributed by atoms with Crippen LogP contribution in [0.3, 0.4) is 0 Å². The molecule has 1 atom stereocenters. The molecule has 0 unspecified atom stereocenters. The maximum atomic E-state index is 12.9. The fourth-order valence-corrected chi connectivity index (χ4v) is 8.57. The second-order valence-electron chi connectivity index (χ2n) is 20.6. The molecule has 0 aliphatic rings. The van der Waals surface area contributed by atoms with E-state index in [1.807, 2.05) is 0 Å². The number of carbonyl (C=O) groups excluding carboxylic acids is 3. The summed E-state index contributed by atoms with van der Waals surface area (Å²) in [6.45, 7) is 6.47. The zero-order chi connectivity index (χ0) is 54.3. The second kappa shape index (κ2) is 62.6. The van der Waals surface area contributed by atoms with Crippen molar-refractivity contribution in [2.24, 2.45) is 0 Å². The number of esters is 3. The van der Waals surface area contributed by atoms with Gasteiger partial charge in [-0.2, -0.15) is 0 Å². The van der Waals surface area contributed by atoms with Gasteiger partial charge >= 0.3 is 17.9 Å². The summed E-state index contributed by atoms with van der Waals surface area (Å²) in [5, 5.41) is 0. The fourth-order valence-electron chi connectivity index (χ4n) is 8.57. The lowest BCUT2D eigenvalue weighted by Gasteiger charge is -2.18. The molecule has 0 aromatic rings. The molecule has 0 radical (unpaired) electrons. The molecule has 0 aromatic heterocycles. The molecule has 0 heterocycles. The summed E-state index contributed by atoms with van der Waals surface area (Å²) in [7, 11) is 0. The summed E-state index contributed by atoms with van der Waals surface area (Å²) in [4.78, 5) is 38.3. The second-order valence-corrected chi connectivity index (χ2v) is 20.6. The van der Waals surface area contributed by atoms with Gasteiger partial charge in [-0.25, -0.2) is 0 Å². The van der Waals surface area contributed by atoms with Gasteiger partial charge in [0.15, 0.2) is 6.10 Å². The molecule has 0 amide bonds. The van der Waals surface area contributed by atoms with Gasteiger partial charge in [-0.1, -0.05) is 271 Å². The molecule has 0 aromatic carbocycles. The molecular weight excluding hydrogens is 925 g/mol.